The van der Waals surface area contributed by atoms with E-state index >= 15 is 0 Å². The summed E-state index contributed by atoms with van der Waals surface area (Å²) < 4.78 is 0. The van der Waals surface area contributed by atoms with Gasteiger partial charge in [-0.05, 0) is 41.7 Å². The molecule has 0 radical (unpaired) electrons. The number of terminal acetylenes is 1. The van der Waals surface area contributed by atoms with Crippen LogP contribution in [0.5, 0.6) is 0 Å². The molecule has 0 nitrogen and oxygen atoms in total. The molecule has 2 rings (SSSR count). The van der Waals surface area contributed by atoms with Gasteiger partial charge in [-0.2, -0.15) is 0 Å². The second-order valence-corrected chi connectivity index (χ2v) is 5.58. The molecule has 0 unspecified atom stereocenters. The van der Waals surface area contributed by atoms with Gasteiger partial charge in [0.25, 0.3) is 0 Å². The summed E-state index contributed by atoms with van der Waals surface area (Å²) in [7, 11) is 0. The Balaban J connectivity index is 1.90. The lowest BCUT2D eigenvalue weighted by Gasteiger charge is -2.05. The van der Waals surface area contributed by atoms with Crippen molar-refractivity contribution in [3.63, 3.8) is 0 Å². The summed E-state index contributed by atoms with van der Waals surface area (Å²) in [4.78, 5) is 0. The van der Waals surface area contributed by atoms with Crippen LogP contribution in [0.25, 0.3) is 11.1 Å². The third kappa shape index (κ3) is 4.80. The number of hydrogen-bond acceptors (Lipinski definition) is 0. The monoisotopic (exact) mass is 276 g/mol. The summed E-state index contributed by atoms with van der Waals surface area (Å²) in [5, 5.41) is 0. The molecule has 2 aromatic carbocycles. The van der Waals surface area contributed by atoms with E-state index in [1.54, 1.807) is 0 Å². The van der Waals surface area contributed by atoms with Gasteiger partial charge in [0.15, 0.2) is 0 Å². The molecule has 2 aromatic rings. The van der Waals surface area contributed by atoms with E-state index in [1.165, 1.54) is 55.2 Å². The summed E-state index contributed by atoms with van der Waals surface area (Å²) in [5.41, 5.74) is 4.86. The minimum atomic E-state index is 0.933. The number of unbranched alkanes of at least 4 members (excludes halogenated alkanes) is 4. The van der Waals surface area contributed by atoms with E-state index in [0.29, 0.717) is 0 Å². The Morgan fingerprint density at radius 1 is 0.762 bits per heavy atom. The fourth-order valence-corrected chi connectivity index (χ4v) is 2.56. The second kappa shape index (κ2) is 8.32. The van der Waals surface area contributed by atoms with Crippen LogP contribution in [-0.4, -0.2) is 0 Å². The molecule has 0 atom stereocenters. The summed E-state index contributed by atoms with van der Waals surface area (Å²) in [5.74, 6) is 2.65. The van der Waals surface area contributed by atoms with Gasteiger partial charge in [-0.15, -0.1) is 6.42 Å². The van der Waals surface area contributed by atoms with Crippen LogP contribution < -0.4 is 0 Å². The van der Waals surface area contributed by atoms with Crippen molar-refractivity contribution in [3.8, 4) is 23.5 Å². The lowest BCUT2D eigenvalue weighted by atomic mass is 10.0. The zero-order valence-corrected chi connectivity index (χ0v) is 12.9. The molecular formula is C21H24. The van der Waals surface area contributed by atoms with Crippen LogP contribution in [0.2, 0.25) is 0 Å². The third-order valence-electron chi connectivity index (χ3n) is 3.91. The van der Waals surface area contributed by atoms with Crippen LogP contribution in [0, 0.1) is 12.3 Å². The van der Waals surface area contributed by atoms with Gasteiger partial charge in [0.2, 0.25) is 0 Å². The molecule has 0 spiro atoms. The molecule has 0 aliphatic rings. The van der Waals surface area contributed by atoms with Crippen LogP contribution in [0.4, 0.5) is 0 Å². The van der Waals surface area contributed by atoms with Gasteiger partial charge in [0.05, 0.1) is 0 Å². The molecule has 0 saturated heterocycles. The highest BCUT2D eigenvalue weighted by Gasteiger charge is 1.99. The van der Waals surface area contributed by atoms with Gasteiger partial charge >= 0.3 is 0 Å². The van der Waals surface area contributed by atoms with Gasteiger partial charge in [0.1, 0.15) is 0 Å². The fraction of sp³-hybridized carbons (Fsp3) is 0.333. The predicted octanol–water partition coefficient (Wildman–Crippen LogP) is 5.85. The lowest BCUT2D eigenvalue weighted by Crippen LogP contribution is -1.87. The van der Waals surface area contributed by atoms with Crippen LogP contribution in [-0.2, 0) is 6.42 Å². The van der Waals surface area contributed by atoms with Crippen molar-refractivity contribution < 1.29 is 0 Å². The first kappa shape index (κ1) is 15.4. The Morgan fingerprint density at radius 3 is 1.90 bits per heavy atom. The zero-order valence-electron chi connectivity index (χ0n) is 12.9. The van der Waals surface area contributed by atoms with E-state index in [2.05, 4.69) is 49.2 Å². The van der Waals surface area contributed by atoms with E-state index < -0.39 is 0 Å². The Morgan fingerprint density at radius 2 is 1.33 bits per heavy atom. The Bertz CT molecular complexity index is 567. The molecule has 0 heteroatoms. The first-order valence-corrected chi connectivity index (χ1v) is 7.99. The fourth-order valence-electron chi connectivity index (χ4n) is 2.56. The topological polar surface area (TPSA) is 0 Å². The van der Waals surface area contributed by atoms with Crippen molar-refractivity contribution in [2.45, 2.75) is 45.4 Å². The van der Waals surface area contributed by atoms with Crippen molar-refractivity contribution in [2.24, 2.45) is 0 Å². The minimum Gasteiger partial charge on any atom is -0.115 e. The van der Waals surface area contributed by atoms with Crippen LogP contribution in [0.15, 0.2) is 48.5 Å². The van der Waals surface area contributed by atoms with Gasteiger partial charge in [-0.1, -0.05) is 74.9 Å². The number of rotatable bonds is 7. The number of benzene rings is 2. The highest BCUT2D eigenvalue weighted by molar-refractivity contribution is 5.64. The molecule has 0 fully saturated rings. The summed E-state index contributed by atoms with van der Waals surface area (Å²) in [6.07, 6.45) is 13.3. The van der Waals surface area contributed by atoms with E-state index in [9.17, 15) is 0 Å². The highest BCUT2D eigenvalue weighted by Crippen LogP contribution is 2.21. The standard InChI is InChI=1S/C21H24/c1-3-5-6-7-8-9-19-12-16-21(17-13-19)20-14-10-18(4-2)11-15-20/h2,10-17H,3,5-9H2,1H3. The van der Waals surface area contributed by atoms with Crippen LogP contribution in [0.1, 0.15) is 50.2 Å². The molecule has 0 heterocycles. The highest BCUT2D eigenvalue weighted by atomic mass is 14.0. The molecule has 0 amide bonds. The molecule has 108 valence electrons. The quantitative estimate of drug-likeness (QED) is 0.439. The summed E-state index contributed by atoms with van der Waals surface area (Å²) in [6.45, 7) is 2.26. The van der Waals surface area contributed by atoms with Crippen molar-refractivity contribution in [3.05, 3.63) is 59.7 Å². The maximum Gasteiger partial charge on any atom is 0.0243 e. The zero-order chi connectivity index (χ0) is 14.9. The average Bonchev–Trinajstić information content (AvgIpc) is 2.55. The number of hydrogen-bond donors (Lipinski definition) is 0. The SMILES string of the molecule is C#Cc1ccc(-c2ccc(CCCCCCC)cc2)cc1. The molecule has 0 N–H and O–H groups in total. The maximum atomic E-state index is 5.39. The van der Waals surface area contributed by atoms with Crippen molar-refractivity contribution >= 4 is 0 Å². The number of aryl methyl sites for hydroxylation is 1. The first-order chi connectivity index (χ1) is 10.3. The summed E-state index contributed by atoms with van der Waals surface area (Å²) in [6, 6.07) is 17.1. The molecule has 0 aromatic heterocycles. The lowest BCUT2D eigenvalue weighted by molar-refractivity contribution is 0.632. The Kier molecular flexibility index (Phi) is 6.10. The van der Waals surface area contributed by atoms with E-state index in [-0.39, 0.29) is 0 Å². The second-order valence-electron chi connectivity index (χ2n) is 5.58. The Hall–Kier alpha value is -2.00. The van der Waals surface area contributed by atoms with Crippen molar-refractivity contribution in [1.29, 1.82) is 0 Å². The molecule has 21 heavy (non-hydrogen) atoms. The molecule has 0 aliphatic heterocycles. The minimum absolute atomic E-state index is 0.933. The maximum absolute atomic E-state index is 5.39. The van der Waals surface area contributed by atoms with Gasteiger partial charge in [0, 0.05) is 5.56 Å². The molecule has 0 aliphatic carbocycles. The van der Waals surface area contributed by atoms with Crippen LogP contribution in [0.3, 0.4) is 0 Å². The predicted molar refractivity (Wildman–Crippen MR) is 92.3 cm³/mol. The normalized spacial score (nSPS) is 10.3. The van der Waals surface area contributed by atoms with E-state index in [4.69, 9.17) is 6.42 Å². The van der Waals surface area contributed by atoms with Gasteiger partial charge in [-0.3, -0.25) is 0 Å². The molecule has 0 saturated carbocycles. The smallest absolute Gasteiger partial charge is 0.0243 e. The third-order valence-corrected chi connectivity index (χ3v) is 3.91. The van der Waals surface area contributed by atoms with Crippen molar-refractivity contribution in [1.82, 2.24) is 0 Å². The van der Waals surface area contributed by atoms with Gasteiger partial charge in [-0.25, -0.2) is 0 Å². The van der Waals surface area contributed by atoms with E-state index in [0.717, 1.165) is 5.56 Å². The molecule has 0 bridgehead atoms. The largest absolute Gasteiger partial charge is 0.115 e. The van der Waals surface area contributed by atoms with Crippen molar-refractivity contribution in [2.75, 3.05) is 0 Å². The summed E-state index contributed by atoms with van der Waals surface area (Å²) >= 11 is 0. The Labute approximate surface area is 129 Å². The average molecular weight is 276 g/mol. The molecular weight excluding hydrogens is 252 g/mol. The van der Waals surface area contributed by atoms with E-state index in [1.807, 2.05) is 12.1 Å². The van der Waals surface area contributed by atoms with Gasteiger partial charge < -0.3 is 0 Å². The first-order valence-electron chi connectivity index (χ1n) is 7.99. The van der Waals surface area contributed by atoms with Crippen LogP contribution >= 0.6 is 0 Å².